The maximum atomic E-state index is 13.7. The van der Waals surface area contributed by atoms with Crippen molar-refractivity contribution in [1.29, 1.82) is 0 Å². The second kappa shape index (κ2) is 11.0. The maximum Gasteiger partial charge on any atom is 0.450 e. The van der Waals surface area contributed by atoms with Crippen molar-refractivity contribution in [2.45, 2.75) is 4.34 Å². The Morgan fingerprint density at radius 2 is 1.69 bits per heavy atom. The van der Waals surface area contributed by atoms with Gasteiger partial charge < -0.3 is 4.74 Å². The zero-order chi connectivity index (χ0) is 29.4. The maximum absolute atomic E-state index is 13.7. The summed E-state index contributed by atoms with van der Waals surface area (Å²) in [6.45, 7) is 0. The third-order valence-electron chi connectivity index (χ3n) is 6.56. The van der Waals surface area contributed by atoms with E-state index in [4.69, 9.17) is 9.72 Å². The second-order valence-corrected chi connectivity index (χ2v) is 10.8. The lowest BCUT2D eigenvalue weighted by Gasteiger charge is -2.14. The van der Waals surface area contributed by atoms with Crippen LogP contribution in [0.4, 0.5) is 5.69 Å². The van der Waals surface area contributed by atoms with E-state index in [2.05, 4.69) is 17.7 Å². The van der Waals surface area contributed by atoms with Gasteiger partial charge in [0.2, 0.25) is 4.34 Å². The van der Waals surface area contributed by atoms with Crippen molar-refractivity contribution in [3.05, 3.63) is 123 Å². The molecule has 0 spiro atoms. The van der Waals surface area contributed by atoms with Gasteiger partial charge in [0.25, 0.3) is 5.56 Å². The van der Waals surface area contributed by atoms with E-state index < -0.39 is 10.8 Å². The number of carbonyl (C=O) groups excluding carboxylic acids is 1. The first-order valence-electron chi connectivity index (χ1n) is 12.5. The van der Waals surface area contributed by atoms with Crippen LogP contribution in [0, 0.1) is 10.1 Å². The molecular formula is C30H20N5O5S2+. The minimum atomic E-state index is -0.552. The highest BCUT2D eigenvalue weighted by Crippen LogP contribution is 2.33. The highest BCUT2D eigenvalue weighted by atomic mass is 32.2. The summed E-state index contributed by atoms with van der Waals surface area (Å²) in [6.07, 6.45) is 0. The number of methoxy groups -OCH3 is 1. The van der Waals surface area contributed by atoms with Gasteiger partial charge in [-0.15, -0.1) is 12.6 Å². The van der Waals surface area contributed by atoms with Crippen molar-refractivity contribution in [3.63, 3.8) is 0 Å². The van der Waals surface area contributed by atoms with Gasteiger partial charge in [-0.1, -0.05) is 42.5 Å². The summed E-state index contributed by atoms with van der Waals surface area (Å²) in [7, 11) is 1.35. The Bertz CT molecular complexity index is 2060. The molecule has 4 aromatic carbocycles. The zero-order valence-corrected chi connectivity index (χ0v) is 23.6. The number of nitrogens with zero attached hydrogens (tertiary/aromatic N) is 5. The topological polar surface area (TPSA) is 121 Å². The number of carbonyl (C=O) groups is 1. The van der Waals surface area contributed by atoms with E-state index in [0.29, 0.717) is 37.3 Å². The highest BCUT2D eigenvalue weighted by Gasteiger charge is 2.31. The number of nitro groups is 1. The minimum Gasteiger partial charge on any atom is -0.490 e. The summed E-state index contributed by atoms with van der Waals surface area (Å²) < 4.78 is 8.08. The van der Waals surface area contributed by atoms with Crippen molar-refractivity contribution in [2.24, 2.45) is 0 Å². The number of para-hydroxylation sites is 1. The monoisotopic (exact) mass is 594 g/mol. The van der Waals surface area contributed by atoms with E-state index in [0.717, 1.165) is 21.6 Å². The van der Waals surface area contributed by atoms with Crippen LogP contribution in [0.2, 0.25) is 0 Å². The standard InChI is InChI=1S/C30H19N5O5S2/c1-40-25-16-13-20(17-24(25)35(38)39)29-34(32-30(41)42-29)27(36)19-11-14-21(15-12-19)33-26(18-7-3-2-4-8-18)31-23-10-6-5-9-22(23)28(33)37/h2-17H,1H3/p+1. The predicted octanol–water partition coefficient (Wildman–Crippen LogP) is 5.36. The fraction of sp³-hybridized carbons (Fsp3) is 0.0333. The van der Waals surface area contributed by atoms with Crippen molar-refractivity contribution in [2.75, 3.05) is 7.11 Å². The number of aromatic nitrogens is 4. The van der Waals surface area contributed by atoms with Gasteiger partial charge in [-0.3, -0.25) is 19.5 Å². The van der Waals surface area contributed by atoms with Gasteiger partial charge in [0.15, 0.2) is 5.75 Å². The van der Waals surface area contributed by atoms with Gasteiger partial charge in [-0.2, -0.15) is 0 Å². The molecule has 0 N–H and O–H groups in total. The summed E-state index contributed by atoms with van der Waals surface area (Å²) in [5, 5.41) is 16.6. The van der Waals surface area contributed by atoms with Gasteiger partial charge in [0.1, 0.15) is 5.82 Å². The molecular weight excluding hydrogens is 574 g/mol. The molecule has 206 valence electrons. The van der Waals surface area contributed by atoms with Crippen LogP contribution < -0.4 is 15.0 Å². The molecule has 0 bridgehead atoms. The molecule has 0 unspecified atom stereocenters. The fourth-order valence-electron chi connectivity index (χ4n) is 4.59. The molecule has 12 heteroatoms. The number of fused-ring (bicyclic) bond motifs is 1. The van der Waals surface area contributed by atoms with E-state index in [1.165, 1.54) is 23.8 Å². The van der Waals surface area contributed by atoms with Crippen LogP contribution in [-0.2, 0) is 0 Å². The van der Waals surface area contributed by atoms with Crippen molar-refractivity contribution in [3.8, 4) is 33.4 Å². The number of benzene rings is 4. The average molecular weight is 595 g/mol. The summed E-state index contributed by atoms with van der Waals surface area (Å²) in [5.74, 6) is 0.0929. The third kappa shape index (κ3) is 4.82. The molecule has 2 aromatic heterocycles. The molecule has 0 fully saturated rings. The molecule has 10 nitrogen and oxygen atoms in total. The summed E-state index contributed by atoms with van der Waals surface area (Å²) in [5.41, 5.74) is 2.09. The van der Waals surface area contributed by atoms with Crippen molar-refractivity contribution < 1.29 is 19.1 Å². The predicted molar refractivity (Wildman–Crippen MR) is 161 cm³/mol. The lowest BCUT2D eigenvalue weighted by Crippen LogP contribution is -2.46. The first kappa shape index (κ1) is 27.0. The van der Waals surface area contributed by atoms with Crippen LogP contribution in [0.5, 0.6) is 5.75 Å². The van der Waals surface area contributed by atoms with Crippen molar-refractivity contribution >= 4 is 46.5 Å². The van der Waals surface area contributed by atoms with Crippen LogP contribution in [0.1, 0.15) is 10.4 Å². The van der Waals surface area contributed by atoms with Gasteiger partial charge in [-0.05, 0) is 59.9 Å². The van der Waals surface area contributed by atoms with Crippen LogP contribution >= 0.6 is 24.0 Å². The molecule has 0 radical (unpaired) electrons. The largest absolute Gasteiger partial charge is 0.490 e. The molecule has 0 aliphatic rings. The zero-order valence-electron chi connectivity index (χ0n) is 21.9. The summed E-state index contributed by atoms with van der Waals surface area (Å²) in [6, 6.07) is 27.5. The Hall–Kier alpha value is -5.20. The van der Waals surface area contributed by atoms with E-state index in [1.807, 2.05) is 36.4 Å². The summed E-state index contributed by atoms with van der Waals surface area (Å²) >= 11 is 5.42. The molecule has 0 saturated heterocycles. The number of rotatable bonds is 6. The molecule has 2 heterocycles. The van der Waals surface area contributed by atoms with Gasteiger partial charge in [0.05, 0.1) is 39.8 Å². The molecule has 0 amide bonds. The summed E-state index contributed by atoms with van der Waals surface area (Å²) in [4.78, 5) is 43.1. The van der Waals surface area contributed by atoms with Gasteiger partial charge in [0, 0.05) is 21.4 Å². The van der Waals surface area contributed by atoms with E-state index >= 15 is 0 Å². The second-order valence-electron chi connectivity index (χ2n) is 9.06. The van der Waals surface area contributed by atoms with Crippen molar-refractivity contribution in [1.82, 2.24) is 14.6 Å². The van der Waals surface area contributed by atoms with Crippen LogP contribution in [0.25, 0.3) is 38.5 Å². The Morgan fingerprint density at radius 3 is 2.40 bits per heavy atom. The fourth-order valence-corrected chi connectivity index (χ4v) is 5.69. The molecule has 6 aromatic rings. The van der Waals surface area contributed by atoms with Crippen LogP contribution in [-0.4, -0.2) is 32.6 Å². The molecule has 0 atom stereocenters. The third-order valence-corrected chi connectivity index (χ3v) is 7.79. The SMILES string of the molecule is COc1ccc(-c2sc(S)n[n+]2C(=O)c2ccc(-n3c(-c4ccccc4)nc4ccccc4c3=O)cc2)cc1[N+](=O)[O-]. The first-order chi connectivity index (χ1) is 20.4. The number of hydrogen-bond donors (Lipinski definition) is 1. The lowest BCUT2D eigenvalue weighted by molar-refractivity contribution is -0.621. The average Bonchev–Trinajstić information content (AvgIpc) is 3.42. The quantitative estimate of drug-likeness (QED) is 0.119. The molecule has 0 aliphatic heterocycles. The molecule has 42 heavy (non-hydrogen) atoms. The van der Waals surface area contributed by atoms with E-state index in [1.54, 1.807) is 48.5 Å². The normalized spacial score (nSPS) is 11.0. The first-order valence-corrected chi connectivity index (χ1v) is 13.8. The number of hydrogen-bond acceptors (Lipinski definition) is 9. The molecule has 6 rings (SSSR count). The Kier molecular flexibility index (Phi) is 7.07. The molecule has 0 aliphatic carbocycles. The Morgan fingerprint density at radius 1 is 0.976 bits per heavy atom. The van der Waals surface area contributed by atoms with E-state index in [-0.39, 0.29) is 22.6 Å². The molecule has 0 saturated carbocycles. The highest BCUT2D eigenvalue weighted by molar-refractivity contribution is 7.82. The van der Waals surface area contributed by atoms with Gasteiger partial charge in [-0.25, -0.2) is 9.78 Å². The number of nitro benzene ring substituents is 1. The smallest absolute Gasteiger partial charge is 0.450 e. The van der Waals surface area contributed by atoms with Gasteiger partial charge >= 0.3 is 16.6 Å². The van der Waals surface area contributed by atoms with Crippen LogP contribution in [0.3, 0.4) is 0 Å². The Labute approximate surface area is 247 Å². The number of ether oxygens (including phenoxy) is 1. The number of thiol groups is 1. The lowest BCUT2D eigenvalue weighted by atomic mass is 10.1. The Balaban J connectivity index is 1.42. The van der Waals surface area contributed by atoms with E-state index in [9.17, 15) is 19.7 Å². The minimum absolute atomic E-state index is 0.0983. The van der Waals surface area contributed by atoms with Crippen LogP contribution in [0.15, 0.2) is 106 Å².